The Morgan fingerprint density at radius 2 is 1.89 bits per heavy atom. The molecule has 27 heavy (non-hydrogen) atoms. The number of hydrogen-bond acceptors (Lipinski definition) is 3. The van der Waals surface area contributed by atoms with Gasteiger partial charge in [0.15, 0.2) is 11.6 Å². The van der Waals surface area contributed by atoms with Crippen molar-refractivity contribution in [1.29, 1.82) is 0 Å². The third-order valence-corrected chi connectivity index (χ3v) is 4.14. The third kappa shape index (κ3) is 4.01. The average Bonchev–Trinajstić information content (AvgIpc) is 3.01. The van der Waals surface area contributed by atoms with Crippen LogP contribution < -0.4 is 15.4 Å². The number of H-pyrrole nitrogens is 1. The molecule has 3 aromatic rings. The van der Waals surface area contributed by atoms with Gasteiger partial charge in [0.25, 0.3) is 0 Å². The largest absolute Gasteiger partial charge is 0.495 e. The summed E-state index contributed by atoms with van der Waals surface area (Å²) in [6, 6.07) is 6.85. The van der Waals surface area contributed by atoms with Gasteiger partial charge in [0.1, 0.15) is 5.75 Å². The van der Waals surface area contributed by atoms with Crippen LogP contribution in [-0.4, -0.2) is 23.9 Å². The number of fused-ring (bicyclic) bond motifs is 1. The highest BCUT2D eigenvalue weighted by Crippen LogP contribution is 2.26. The molecule has 1 aromatic heterocycles. The van der Waals surface area contributed by atoms with Crippen molar-refractivity contribution in [2.24, 2.45) is 0 Å². The molecule has 0 atom stereocenters. The number of anilines is 1. The lowest BCUT2D eigenvalue weighted by Gasteiger charge is -2.08. The summed E-state index contributed by atoms with van der Waals surface area (Å²) >= 11 is 6.00. The zero-order chi connectivity index (χ0) is 19.6. The minimum absolute atomic E-state index is 0.0731. The number of carbonyl (C=O) groups excluding carboxylic acids is 2. The zero-order valence-electron chi connectivity index (χ0n) is 14.0. The smallest absolute Gasteiger partial charge is 0.313 e. The Morgan fingerprint density at radius 1 is 1.15 bits per heavy atom. The molecular formula is C18H14ClF2N3O3. The number of amides is 2. The van der Waals surface area contributed by atoms with Gasteiger partial charge in [-0.2, -0.15) is 0 Å². The van der Waals surface area contributed by atoms with Crippen molar-refractivity contribution in [3.63, 3.8) is 0 Å². The van der Waals surface area contributed by atoms with Crippen LogP contribution in [0.15, 0.2) is 36.5 Å². The highest BCUT2D eigenvalue weighted by atomic mass is 35.5. The third-order valence-electron chi connectivity index (χ3n) is 3.85. The van der Waals surface area contributed by atoms with Crippen LogP contribution in [0.5, 0.6) is 5.75 Å². The first kappa shape index (κ1) is 18.7. The Kier molecular flexibility index (Phi) is 5.27. The molecule has 6 nitrogen and oxygen atoms in total. The molecule has 0 saturated heterocycles. The molecule has 0 spiro atoms. The summed E-state index contributed by atoms with van der Waals surface area (Å²) < 4.78 is 31.7. The van der Waals surface area contributed by atoms with E-state index in [4.69, 9.17) is 16.3 Å². The monoisotopic (exact) mass is 393 g/mol. The van der Waals surface area contributed by atoms with Crippen molar-refractivity contribution >= 4 is 40.0 Å². The van der Waals surface area contributed by atoms with Crippen LogP contribution in [0.25, 0.3) is 10.9 Å². The lowest BCUT2D eigenvalue weighted by molar-refractivity contribution is -0.136. The molecule has 0 aliphatic heterocycles. The molecule has 3 N–H and O–H groups in total. The number of ether oxygens (including phenoxy) is 1. The predicted octanol–water partition coefficient (Wildman–Crippen LogP) is 3.36. The van der Waals surface area contributed by atoms with Crippen LogP contribution in [0, 0.1) is 11.6 Å². The Labute approximate surface area is 157 Å². The number of methoxy groups -OCH3 is 1. The topological polar surface area (TPSA) is 83.2 Å². The summed E-state index contributed by atoms with van der Waals surface area (Å²) in [6.45, 7) is 0.0731. The van der Waals surface area contributed by atoms with Crippen molar-refractivity contribution in [3.8, 4) is 5.75 Å². The number of hydrogen-bond donors (Lipinski definition) is 3. The van der Waals surface area contributed by atoms with Gasteiger partial charge in [-0.3, -0.25) is 9.59 Å². The Bertz CT molecular complexity index is 1040. The quantitative estimate of drug-likeness (QED) is 0.594. The SMILES string of the molecule is COc1ccc(CNC(=O)C(=O)Nc2c[nH]c3cc(F)c(F)cc23)cc1Cl. The lowest BCUT2D eigenvalue weighted by Crippen LogP contribution is -2.34. The standard InChI is InChI=1S/C18H14ClF2N3O3/c1-27-16-3-2-9(4-11(16)19)7-23-17(25)18(26)24-15-8-22-14-6-13(21)12(20)5-10(14)15/h2-6,8,22H,7H2,1H3,(H,23,25)(H,24,26). The first-order valence-electron chi connectivity index (χ1n) is 7.76. The molecule has 0 fully saturated rings. The summed E-state index contributed by atoms with van der Waals surface area (Å²) in [5, 5.41) is 5.43. The number of benzene rings is 2. The molecule has 0 aliphatic carbocycles. The normalized spacial score (nSPS) is 10.7. The molecule has 0 saturated carbocycles. The van der Waals surface area contributed by atoms with E-state index in [1.807, 2.05) is 0 Å². The van der Waals surface area contributed by atoms with E-state index in [9.17, 15) is 18.4 Å². The van der Waals surface area contributed by atoms with E-state index in [2.05, 4.69) is 15.6 Å². The van der Waals surface area contributed by atoms with Crippen LogP contribution in [-0.2, 0) is 16.1 Å². The molecule has 9 heteroatoms. The van der Waals surface area contributed by atoms with Gasteiger partial charge in [-0.1, -0.05) is 17.7 Å². The molecule has 0 unspecified atom stereocenters. The van der Waals surface area contributed by atoms with Gasteiger partial charge in [0.05, 0.1) is 23.3 Å². The summed E-state index contributed by atoms with van der Waals surface area (Å²) in [6.07, 6.45) is 1.35. The maximum Gasteiger partial charge on any atom is 0.313 e. The maximum atomic E-state index is 13.4. The molecule has 0 aliphatic rings. The number of aromatic amines is 1. The molecule has 1 heterocycles. The van der Waals surface area contributed by atoms with Crippen molar-refractivity contribution < 1.29 is 23.1 Å². The van der Waals surface area contributed by atoms with Crippen LogP contribution in [0.2, 0.25) is 5.02 Å². The second-order valence-corrected chi connectivity index (χ2v) is 6.03. The van der Waals surface area contributed by atoms with Crippen molar-refractivity contribution in [1.82, 2.24) is 10.3 Å². The summed E-state index contributed by atoms with van der Waals surface area (Å²) in [5.41, 5.74) is 1.13. The van der Waals surface area contributed by atoms with Gasteiger partial charge in [0.2, 0.25) is 0 Å². The maximum absolute atomic E-state index is 13.4. The van der Waals surface area contributed by atoms with Crippen LogP contribution >= 0.6 is 11.6 Å². The Hall–Kier alpha value is -3.13. The number of aromatic nitrogens is 1. The van der Waals surface area contributed by atoms with Crippen LogP contribution in [0.1, 0.15) is 5.56 Å². The predicted molar refractivity (Wildman–Crippen MR) is 96.7 cm³/mol. The van der Waals surface area contributed by atoms with Crippen LogP contribution in [0.4, 0.5) is 14.5 Å². The summed E-state index contributed by atoms with van der Waals surface area (Å²) in [4.78, 5) is 26.7. The molecule has 2 aromatic carbocycles. The molecule has 2 amide bonds. The number of rotatable bonds is 4. The van der Waals surface area contributed by atoms with Gasteiger partial charge in [-0.25, -0.2) is 8.78 Å². The van der Waals surface area contributed by atoms with E-state index >= 15 is 0 Å². The fourth-order valence-corrected chi connectivity index (χ4v) is 2.76. The van der Waals surface area contributed by atoms with E-state index in [-0.39, 0.29) is 23.1 Å². The van der Waals surface area contributed by atoms with Crippen molar-refractivity contribution in [2.45, 2.75) is 6.54 Å². The van der Waals surface area contributed by atoms with Crippen molar-refractivity contribution in [3.05, 3.63) is 58.7 Å². The Morgan fingerprint density at radius 3 is 2.59 bits per heavy atom. The van der Waals surface area contributed by atoms with Gasteiger partial charge >= 0.3 is 11.8 Å². The molecule has 0 radical (unpaired) electrons. The molecule has 0 bridgehead atoms. The van der Waals surface area contributed by atoms with Crippen molar-refractivity contribution in [2.75, 3.05) is 12.4 Å². The number of carbonyl (C=O) groups is 2. The highest BCUT2D eigenvalue weighted by Gasteiger charge is 2.17. The van der Waals surface area contributed by atoms with E-state index in [1.54, 1.807) is 18.2 Å². The fourth-order valence-electron chi connectivity index (χ4n) is 2.48. The second-order valence-electron chi connectivity index (χ2n) is 5.62. The van der Waals surface area contributed by atoms with E-state index in [0.29, 0.717) is 16.3 Å². The summed E-state index contributed by atoms with van der Waals surface area (Å²) in [7, 11) is 1.48. The fraction of sp³-hybridized carbons (Fsp3) is 0.111. The molecular weight excluding hydrogens is 380 g/mol. The van der Waals surface area contributed by atoms with Gasteiger partial charge in [-0.15, -0.1) is 0 Å². The minimum Gasteiger partial charge on any atom is -0.495 e. The minimum atomic E-state index is -1.06. The molecule has 3 rings (SSSR count). The number of halogens is 3. The Balaban J connectivity index is 1.65. The highest BCUT2D eigenvalue weighted by molar-refractivity contribution is 6.40. The van der Waals surface area contributed by atoms with Gasteiger partial charge in [-0.05, 0) is 23.8 Å². The zero-order valence-corrected chi connectivity index (χ0v) is 14.8. The molecule has 140 valence electrons. The average molecular weight is 394 g/mol. The first-order valence-corrected chi connectivity index (χ1v) is 8.14. The number of nitrogens with one attached hydrogen (secondary N) is 3. The van der Waals surface area contributed by atoms with Gasteiger partial charge < -0.3 is 20.4 Å². The van der Waals surface area contributed by atoms with Gasteiger partial charge in [0, 0.05) is 24.2 Å². The second kappa shape index (κ2) is 7.63. The van der Waals surface area contributed by atoms with Crippen LogP contribution in [0.3, 0.4) is 0 Å². The first-order chi connectivity index (χ1) is 12.9. The summed E-state index contributed by atoms with van der Waals surface area (Å²) in [5.74, 6) is -3.41. The van der Waals surface area contributed by atoms with E-state index in [0.717, 1.165) is 12.1 Å². The van der Waals surface area contributed by atoms with E-state index in [1.165, 1.54) is 13.3 Å². The lowest BCUT2D eigenvalue weighted by atomic mass is 10.2. The van der Waals surface area contributed by atoms with E-state index < -0.39 is 23.4 Å².